The van der Waals surface area contributed by atoms with Crippen molar-refractivity contribution in [2.24, 2.45) is 4.99 Å². The van der Waals surface area contributed by atoms with Crippen molar-refractivity contribution in [2.75, 3.05) is 39.0 Å². The highest BCUT2D eigenvalue weighted by atomic mass is 28.4. The molecule has 5 nitrogen and oxygen atoms in total. The first-order chi connectivity index (χ1) is 9.17. The maximum absolute atomic E-state index is 10.1. The van der Waals surface area contributed by atoms with Crippen LogP contribution in [0.15, 0.2) is 16.8 Å². The van der Waals surface area contributed by atoms with Gasteiger partial charge in [-0.05, 0) is 32.6 Å². The molecule has 0 aromatic rings. The van der Waals surface area contributed by atoms with Gasteiger partial charge in [0, 0.05) is 19.4 Å². The van der Waals surface area contributed by atoms with E-state index in [0.717, 1.165) is 19.3 Å². The lowest BCUT2D eigenvalue weighted by atomic mass is 10.6. The van der Waals surface area contributed by atoms with E-state index in [2.05, 4.69) is 23.7 Å². The molecule has 6 heteroatoms. The molecular formula is C13H26N2O3Si. The number of hydrogen-bond donors (Lipinski definition) is 0. The fourth-order valence-corrected chi connectivity index (χ4v) is 4.93. The predicted octanol–water partition coefficient (Wildman–Crippen LogP) is 1.81. The molecule has 0 bridgehead atoms. The molecule has 0 aromatic carbocycles. The molecule has 0 saturated carbocycles. The first-order valence-corrected chi connectivity index (χ1v) is 8.99. The summed E-state index contributed by atoms with van der Waals surface area (Å²) in [5, 5.41) is 0. The number of rotatable bonds is 11. The summed E-state index contributed by atoms with van der Waals surface area (Å²) in [7, 11) is -2.39. The van der Waals surface area contributed by atoms with Crippen molar-refractivity contribution in [1.29, 1.82) is 0 Å². The van der Waals surface area contributed by atoms with Crippen molar-refractivity contribution in [3.63, 3.8) is 0 Å². The highest BCUT2D eigenvalue weighted by Crippen LogP contribution is 2.12. The molecule has 0 spiro atoms. The normalized spacial score (nSPS) is 12.1. The minimum absolute atomic E-state index is 0.330. The fraction of sp³-hybridized carbons (Fsp3) is 0.769. The standard InChI is InChI=1S/C13H26N2O3Si/c1-5-15(6-2)13-19(17-7-3,18-8-4)11-9-10-14-12-16/h9,11H,5-8,10,13H2,1-4H3. The Balaban J connectivity index is 4.92. The van der Waals surface area contributed by atoms with Crippen LogP contribution in [0.3, 0.4) is 0 Å². The fourth-order valence-electron chi connectivity index (χ4n) is 1.85. The van der Waals surface area contributed by atoms with Gasteiger partial charge in [0.2, 0.25) is 6.08 Å². The van der Waals surface area contributed by atoms with Gasteiger partial charge in [0.15, 0.2) is 0 Å². The van der Waals surface area contributed by atoms with E-state index >= 15 is 0 Å². The van der Waals surface area contributed by atoms with Crippen LogP contribution in [0.25, 0.3) is 0 Å². The first kappa shape index (κ1) is 18.2. The van der Waals surface area contributed by atoms with Crippen LogP contribution in [0, 0.1) is 0 Å². The summed E-state index contributed by atoms with van der Waals surface area (Å²) >= 11 is 0. The minimum Gasteiger partial charge on any atom is -0.391 e. The Morgan fingerprint density at radius 2 is 1.74 bits per heavy atom. The van der Waals surface area contributed by atoms with Gasteiger partial charge in [-0.2, -0.15) is 0 Å². The van der Waals surface area contributed by atoms with Gasteiger partial charge in [-0.25, -0.2) is 9.79 Å². The molecule has 19 heavy (non-hydrogen) atoms. The van der Waals surface area contributed by atoms with Gasteiger partial charge in [0.05, 0.1) is 6.54 Å². The Morgan fingerprint density at radius 1 is 1.16 bits per heavy atom. The summed E-state index contributed by atoms with van der Waals surface area (Å²) in [6.45, 7) is 11.7. The quantitative estimate of drug-likeness (QED) is 0.330. The second kappa shape index (κ2) is 11.1. The molecule has 0 aliphatic rings. The van der Waals surface area contributed by atoms with Gasteiger partial charge >= 0.3 is 8.56 Å². The van der Waals surface area contributed by atoms with Gasteiger partial charge in [-0.15, -0.1) is 0 Å². The van der Waals surface area contributed by atoms with Crippen molar-refractivity contribution in [3.8, 4) is 0 Å². The molecule has 110 valence electrons. The third-order valence-corrected chi connectivity index (χ3v) is 5.93. The van der Waals surface area contributed by atoms with E-state index < -0.39 is 8.56 Å². The van der Waals surface area contributed by atoms with E-state index in [-0.39, 0.29) is 0 Å². The lowest BCUT2D eigenvalue weighted by molar-refractivity contribution is 0.172. The summed E-state index contributed by atoms with van der Waals surface area (Å²) in [4.78, 5) is 15.9. The van der Waals surface area contributed by atoms with Crippen LogP contribution in [0.2, 0.25) is 0 Å². The first-order valence-electron chi connectivity index (χ1n) is 6.89. The zero-order valence-corrected chi connectivity index (χ0v) is 13.5. The largest absolute Gasteiger partial charge is 0.391 e. The molecule has 0 heterocycles. The summed E-state index contributed by atoms with van der Waals surface area (Å²) in [6.07, 6.45) is 4.16. The number of isocyanates is 1. The molecule has 0 aliphatic carbocycles. The highest BCUT2D eigenvalue weighted by molar-refractivity contribution is 6.72. The molecule has 0 atom stereocenters. The summed E-state index contributed by atoms with van der Waals surface area (Å²) in [5.41, 5.74) is 1.99. The second-order valence-electron chi connectivity index (χ2n) is 3.97. The van der Waals surface area contributed by atoms with E-state index in [1.165, 1.54) is 6.08 Å². The Morgan fingerprint density at radius 3 is 2.16 bits per heavy atom. The Kier molecular flexibility index (Phi) is 10.6. The monoisotopic (exact) mass is 286 g/mol. The Labute approximate surface area is 117 Å². The molecule has 0 radical (unpaired) electrons. The van der Waals surface area contributed by atoms with Crippen LogP contribution in [0.5, 0.6) is 0 Å². The van der Waals surface area contributed by atoms with Crippen LogP contribution in [-0.2, 0) is 13.6 Å². The van der Waals surface area contributed by atoms with Crippen molar-refractivity contribution in [3.05, 3.63) is 11.8 Å². The van der Waals surface area contributed by atoms with Crippen LogP contribution in [-0.4, -0.2) is 58.6 Å². The third-order valence-electron chi connectivity index (χ3n) is 2.75. The van der Waals surface area contributed by atoms with Gasteiger partial charge < -0.3 is 13.8 Å². The number of hydrogen-bond acceptors (Lipinski definition) is 5. The molecule has 0 unspecified atom stereocenters. The van der Waals surface area contributed by atoms with Gasteiger partial charge in [0.25, 0.3) is 0 Å². The lowest BCUT2D eigenvalue weighted by Crippen LogP contribution is -2.51. The van der Waals surface area contributed by atoms with E-state index in [9.17, 15) is 4.79 Å². The number of nitrogens with zero attached hydrogens (tertiary/aromatic N) is 2. The summed E-state index contributed by atoms with van der Waals surface area (Å²) < 4.78 is 11.9. The zero-order chi connectivity index (χ0) is 14.6. The minimum atomic E-state index is -2.39. The summed E-state index contributed by atoms with van der Waals surface area (Å²) in [6, 6.07) is 0. The van der Waals surface area contributed by atoms with Gasteiger partial charge in [-0.1, -0.05) is 19.9 Å². The van der Waals surface area contributed by atoms with E-state index in [4.69, 9.17) is 8.85 Å². The van der Waals surface area contributed by atoms with Crippen LogP contribution < -0.4 is 0 Å². The maximum atomic E-state index is 10.1. The molecule has 0 N–H and O–H groups in total. The zero-order valence-electron chi connectivity index (χ0n) is 12.5. The highest BCUT2D eigenvalue weighted by Gasteiger charge is 2.35. The van der Waals surface area contributed by atoms with Crippen LogP contribution in [0.4, 0.5) is 0 Å². The Bertz CT molecular complexity index is 294. The van der Waals surface area contributed by atoms with Crippen molar-refractivity contribution in [1.82, 2.24) is 4.90 Å². The maximum Gasteiger partial charge on any atom is 0.379 e. The molecule has 0 aliphatic heterocycles. The van der Waals surface area contributed by atoms with Gasteiger partial charge in [0.1, 0.15) is 0 Å². The van der Waals surface area contributed by atoms with Gasteiger partial charge in [-0.3, -0.25) is 0 Å². The Hall–Kier alpha value is -0.783. The SMILES string of the molecule is CCO[Si](C=CCN=C=O)(CN(CC)CC)OCC. The number of carbonyl (C=O) groups excluding carboxylic acids is 1. The summed E-state index contributed by atoms with van der Waals surface area (Å²) in [5.74, 6) is 0. The van der Waals surface area contributed by atoms with Crippen LogP contribution in [0.1, 0.15) is 27.7 Å². The molecular weight excluding hydrogens is 260 g/mol. The topological polar surface area (TPSA) is 51.1 Å². The second-order valence-corrected chi connectivity index (χ2v) is 6.82. The molecule has 0 saturated heterocycles. The predicted molar refractivity (Wildman–Crippen MR) is 78.9 cm³/mol. The average Bonchev–Trinajstić information content (AvgIpc) is 2.42. The lowest BCUT2D eigenvalue weighted by Gasteiger charge is -2.32. The van der Waals surface area contributed by atoms with E-state index in [1.807, 2.05) is 25.6 Å². The molecule has 0 aromatic heterocycles. The van der Waals surface area contributed by atoms with Crippen molar-refractivity contribution in [2.45, 2.75) is 27.7 Å². The van der Waals surface area contributed by atoms with Crippen LogP contribution >= 0.6 is 0 Å². The average molecular weight is 286 g/mol. The molecule has 0 amide bonds. The molecule has 0 rings (SSSR count). The van der Waals surface area contributed by atoms with E-state index in [1.54, 1.807) is 0 Å². The van der Waals surface area contributed by atoms with Crippen molar-refractivity contribution >= 4 is 14.6 Å². The van der Waals surface area contributed by atoms with Crippen molar-refractivity contribution < 1.29 is 13.6 Å². The smallest absolute Gasteiger partial charge is 0.379 e. The van der Waals surface area contributed by atoms with E-state index in [0.29, 0.717) is 19.8 Å². The third kappa shape index (κ3) is 7.40. The number of aliphatic imine (C=N–C) groups is 1. The molecule has 0 fully saturated rings.